The molecule has 0 saturated heterocycles. The Bertz CT molecular complexity index is 768. The average molecular weight is 333 g/mol. The molecule has 5 heteroatoms. The number of ketones is 1. The third kappa shape index (κ3) is 2.18. The molecule has 2 heterocycles. The van der Waals surface area contributed by atoms with Crippen LogP contribution in [0.15, 0.2) is 39.2 Å². The van der Waals surface area contributed by atoms with Crippen LogP contribution < -0.4 is 0 Å². The maximum absolute atomic E-state index is 12.3. The Morgan fingerprint density at radius 1 is 1.40 bits per heavy atom. The molecule has 0 aliphatic rings. The number of aromatic nitrogens is 2. The molecule has 0 radical (unpaired) electrons. The molecular weight excluding hydrogens is 320 g/mol. The molecule has 4 nitrogen and oxygen atoms in total. The molecule has 0 aliphatic carbocycles. The maximum atomic E-state index is 12.3. The van der Waals surface area contributed by atoms with Gasteiger partial charge >= 0.3 is 0 Å². The van der Waals surface area contributed by atoms with Crippen molar-refractivity contribution in [1.82, 2.24) is 9.78 Å². The zero-order valence-electron chi connectivity index (χ0n) is 11.2. The zero-order valence-corrected chi connectivity index (χ0v) is 12.8. The molecule has 0 aliphatic heterocycles. The third-order valence-electron chi connectivity index (χ3n) is 3.29. The molecule has 0 fully saturated rings. The summed E-state index contributed by atoms with van der Waals surface area (Å²) in [6, 6.07) is 9.39. The van der Waals surface area contributed by atoms with Gasteiger partial charge in [0.2, 0.25) is 5.78 Å². The van der Waals surface area contributed by atoms with Crippen molar-refractivity contribution >= 4 is 32.7 Å². The lowest BCUT2D eigenvalue weighted by Crippen LogP contribution is -2.07. The highest BCUT2D eigenvalue weighted by molar-refractivity contribution is 9.10. The Kier molecular flexibility index (Phi) is 3.22. The molecule has 102 valence electrons. The number of benzene rings is 1. The number of carbonyl (C=O) groups is 1. The van der Waals surface area contributed by atoms with Gasteiger partial charge in [-0.1, -0.05) is 18.2 Å². The Balaban J connectivity index is 1.93. The van der Waals surface area contributed by atoms with Crippen LogP contribution in [0.5, 0.6) is 0 Å². The molecule has 0 bridgehead atoms. The summed E-state index contributed by atoms with van der Waals surface area (Å²) in [6.07, 6.45) is 0.262. The Labute approximate surface area is 124 Å². The zero-order chi connectivity index (χ0) is 14.3. The minimum Gasteiger partial charge on any atom is -0.453 e. The quantitative estimate of drug-likeness (QED) is 0.687. The summed E-state index contributed by atoms with van der Waals surface area (Å²) in [6.45, 7) is 1.90. The number of hydrogen-bond donors (Lipinski definition) is 0. The molecule has 3 rings (SSSR count). The highest BCUT2D eigenvalue weighted by atomic mass is 79.9. The number of Topliss-reactive ketones (excluding diaryl/α,β-unsaturated/α-hetero) is 1. The van der Waals surface area contributed by atoms with Crippen molar-refractivity contribution in [3.05, 3.63) is 52.0 Å². The van der Waals surface area contributed by atoms with E-state index < -0.39 is 0 Å². The van der Waals surface area contributed by atoms with Gasteiger partial charge < -0.3 is 4.42 Å². The molecule has 20 heavy (non-hydrogen) atoms. The minimum absolute atomic E-state index is 0.0510. The number of fused-ring (bicyclic) bond motifs is 1. The lowest BCUT2D eigenvalue weighted by molar-refractivity contribution is 0.0966. The second-order valence-electron chi connectivity index (χ2n) is 4.72. The van der Waals surface area contributed by atoms with Gasteiger partial charge in [0.05, 0.1) is 22.3 Å². The van der Waals surface area contributed by atoms with Crippen LogP contribution >= 0.6 is 15.9 Å². The molecule has 0 atom stereocenters. The van der Waals surface area contributed by atoms with Gasteiger partial charge in [-0.3, -0.25) is 9.48 Å². The molecule has 3 aromatic rings. The predicted octanol–water partition coefficient (Wildman–Crippen LogP) is 3.66. The lowest BCUT2D eigenvalue weighted by atomic mass is 10.1. The molecule has 0 unspecified atom stereocenters. The summed E-state index contributed by atoms with van der Waals surface area (Å²) in [5.41, 5.74) is 2.46. The first-order valence-electron chi connectivity index (χ1n) is 6.26. The van der Waals surface area contributed by atoms with Crippen LogP contribution in [-0.2, 0) is 13.5 Å². The first-order valence-corrected chi connectivity index (χ1v) is 7.05. The van der Waals surface area contributed by atoms with Crippen molar-refractivity contribution in [2.75, 3.05) is 0 Å². The molecule has 1 aromatic carbocycles. The number of aryl methyl sites for hydroxylation is 2. The van der Waals surface area contributed by atoms with Crippen LogP contribution in [0.3, 0.4) is 0 Å². The topological polar surface area (TPSA) is 48.0 Å². The van der Waals surface area contributed by atoms with E-state index >= 15 is 0 Å². The highest BCUT2D eigenvalue weighted by Gasteiger charge is 2.18. The summed E-state index contributed by atoms with van der Waals surface area (Å²) in [5, 5.41) is 5.23. The van der Waals surface area contributed by atoms with Crippen LogP contribution in [0, 0.1) is 6.92 Å². The number of halogens is 1. The van der Waals surface area contributed by atoms with E-state index in [1.54, 1.807) is 10.7 Å². The van der Waals surface area contributed by atoms with E-state index in [1.807, 2.05) is 38.2 Å². The predicted molar refractivity (Wildman–Crippen MR) is 79.9 cm³/mol. The number of furan rings is 1. The molecule has 0 N–H and O–H groups in total. The van der Waals surface area contributed by atoms with Gasteiger partial charge in [-0.2, -0.15) is 5.10 Å². The fourth-order valence-corrected chi connectivity index (χ4v) is 2.71. The van der Waals surface area contributed by atoms with Crippen molar-refractivity contribution in [1.29, 1.82) is 0 Å². The van der Waals surface area contributed by atoms with E-state index in [2.05, 4.69) is 21.0 Å². The number of carbonyl (C=O) groups excluding carboxylic acids is 1. The van der Waals surface area contributed by atoms with Gasteiger partial charge in [0.15, 0.2) is 5.76 Å². The maximum Gasteiger partial charge on any atom is 0.203 e. The monoisotopic (exact) mass is 332 g/mol. The normalized spacial score (nSPS) is 11.2. The van der Waals surface area contributed by atoms with Gasteiger partial charge in [-0.15, -0.1) is 0 Å². The van der Waals surface area contributed by atoms with Crippen LogP contribution in [-0.4, -0.2) is 15.6 Å². The summed E-state index contributed by atoms with van der Waals surface area (Å²) < 4.78 is 8.20. The van der Waals surface area contributed by atoms with E-state index in [9.17, 15) is 4.79 Å². The van der Waals surface area contributed by atoms with Crippen LogP contribution in [0.1, 0.15) is 21.9 Å². The molecular formula is C15H13BrN2O2. The van der Waals surface area contributed by atoms with Crippen LogP contribution in [0.2, 0.25) is 0 Å². The van der Waals surface area contributed by atoms with E-state index in [0.717, 1.165) is 26.8 Å². The highest BCUT2D eigenvalue weighted by Crippen LogP contribution is 2.24. The summed E-state index contributed by atoms with van der Waals surface area (Å²) >= 11 is 3.47. The SMILES string of the molecule is Cc1nn(C)c(CC(=O)c2cc3ccccc3o2)c1Br. The van der Waals surface area contributed by atoms with E-state index in [0.29, 0.717) is 5.76 Å². The van der Waals surface area contributed by atoms with E-state index in [4.69, 9.17) is 4.42 Å². The average Bonchev–Trinajstić information content (AvgIpc) is 2.95. The number of nitrogens with zero attached hydrogens (tertiary/aromatic N) is 2. The van der Waals surface area contributed by atoms with E-state index in [1.165, 1.54) is 0 Å². The fraction of sp³-hybridized carbons (Fsp3) is 0.200. The van der Waals surface area contributed by atoms with Crippen molar-refractivity contribution in [3.63, 3.8) is 0 Å². The summed E-state index contributed by atoms with van der Waals surface area (Å²) in [7, 11) is 1.83. The molecule has 0 amide bonds. The second kappa shape index (κ2) is 4.90. The Morgan fingerprint density at radius 3 is 2.80 bits per heavy atom. The number of rotatable bonds is 3. The number of hydrogen-bond acceptors (Lipinski definition) is 3. The first kappa shape index (κ1) is 13.1. The largest absolute Gasteiger partial charge is 0.453 e. The standard InChI is InChI=1S/C15H13BrN2O2/c1-9-15(16)11(18(2)17-9)8-12(19)14-7-10-5-3-4-6-13(10)20-14/h3-7H,8H2,1-2H3. The van der Waals surface area contributed by atoms with Gasteiger partial charge in [-0.05, 0) is 35.0 Å². The van der Waals surface area contributed by atoms with Crippen molar-refractivity contribution < 1.29 is 9.21 Å². The van der Waals surface area contributed by atoms with Crippen LogP contribution in [0.25, 0.3) is 11.0 Å². The summed E-state index contributed by atoms with van der Waals surface area (Å²) in [5.74, 6) is 0.335. The lowest BCUT2D eigenvalue weighted by Gasteiger charge is -2.00. The third-order valence-corrected chi connectivity index (χ3v) is 4.32. The molecule has 0 spiro atoms. The second-order valence-corrected chi connectivity index (χ2v) is 5.51. The van der Waals surface area contributed by atoms with E-state index in [-0.39, 0.29) is 12.2 Å². The van der Waals surface area contributed by atoms with Gasteiger partial charge in [0, 0.05) is 12.4 Å². The van der Waals surface area contributed by atoms with Crippen LogP contribution in [0.4, 0.5) is 0 Å². The van der Waals surface area contributed by atoms with Crippen molar-refractivity contribution in [2.24, 2.45) is 7.05 Å². The minimum atomic E-state index is -0.0510. The van der Waals surface area contributed by atoms with Crippen molar-refractivity contribution in [2.45, 2.75) is 13.3 Å². The van der Waals surface area contributed by atoms with Crippen molar-refractivity contribution in [3.8, 4) is 0 Å². The van der Waals surface area contributed by atoms with Gasteiger partial charge in [0.1, 0.15) is 5.58 Å². The first-order chi connectivity index (χ1) is 9.56. The molecule has 0 saturated carbocycles. The van der Waals surface area contributed by atoms with Gasteiger partial charge in [-0.25, -0.2) is 0 Å². The smallest absolute Gasteiger partial charge is 0.203 e. The van der Waals surface area contributed by atoms with Gasteiger partial charge in [0.25, 0.3) is 0 Å². The molecule has 2 aromatic heterocycles. The Morgan fingerprint density at radius 2 is 2.15 bits per heavy atom. The number of para-hydroxylation sites is 1. The fourth-order valence-electron chi connectivity index (χ4n) is 2.23. The Hall–Kier alpha value is -1.88. The summed E-state index contributed by atoms with van der Waals surface area (Å²) in [4.78, 5) is 12.3.